The fourth-order valence-electron chi connectivity index (χ4n) is 2.07. The Morgan fingerprint density at radius 1 is 0.947 bits per heavy atom. The van der Waals surface area contributed by atoms with Gasteiger partial charge < -0.3 is 5.73 Å². The van der Waals surface area contributed by atoms with Gasteiger partial charge in [0.25, 0.3) is 0 Å². The Hall–Kier alpha value is -1.61. The predicted octanol–water partition coefficient (Wildman–Crippen LogP) is 4.19. The van der Waals surface area contributed by atoms with Gasteiger partial charge in [-0.1, -0.05) is 22.0 Å². The van der Waals surface area contributed by atoms with Crippen LogP contribution in [0.1, 0.15) is 32.6 Å². The minimum Gasteiger partial charge on any atom is -0.399 e. The standard InChI is InChI=1S/C16H16BrNO/c1-9-6-11(3)13(7-10(9)2)16(19)14-8-12(18)4-5-15(14)17/h4-8H,18H2,1-3H3. The van der Waals surface area contributed by atoms with E-state index in [2.05, 4.69) is 15.9 Å². The van der Waals surface area contributed by atoms with Gasteiger partial charge in [0, 0.05) is 21.3 Å². The summed E-state index contributed by atoms with van der Waals surface area (Å²) in [4.78, 5) is 12.6. The van der Waals surface area contributed by atoms with Crippen LogP contribution >= 0.6 is 15.9 Å². The number of rotatable bonds is 2. The Balaban J connectivity index is 2.56. The van der Waals surface area contributed by atoms with Crippen LogP contribution in [0.2, 0.25) is 0 Å². The van der Waals surface area contributed by atoms with E-state index in [1.807, 2.05) is 32.9 Å². The molecule has 0 aliphatic heterocycles. The maximum Gasteiger partial charge on any atom is 0.194 e. The number of aryl methyl sites for hydroxylation is 3. The summed E-state index contributed by atoms with van der Waals surface area (Å²) >= 11 is 3.41. The molecule has 0 amide bonds. The molecule has 0 saturated carbocycles. The lowest BCUT2D eigenvalue weighted by atomic mass is 9.94. The lowest BCUT2D eigenvalue weighted by Gasteiger charge is -2.10. The maximum absolute atomic E-state index is 12.6. The molecule has 98 valence electrons. The van der Waals surface area contributed by atoms with Crippen molar-refractivity contribution in [2.45, 2.75) is 20.8 Å². The van der Waals surface area contributed by atoms with Crippen LogP contribution in [0.5, 0.6) is 0 Å². The quantitative estimate of drug-likeness (QED) is 0.666. The molecule has 0 atom stereocenters. The molecule has 3 heteroatoms. The zero-order chi connectivity index (χ0) is 14.2. The van der Waals surface area contributed by atoms with E-state index in [-0.39, 0.29) is 5.78 Å². The van der Waals surface area contributed by atoms with E-state index in [0.717, 1.165) is 21.2 Å². The molecule has 19 heavy (non-hydrogen) atoms. The average Bonchev–Trinajstić information content (AvgIpc) is 2.36. The number of hydrogen-bond acceptors (Lipinski definition) is 2. The van der Waals surface area contributed by atoms with Crippen LogP contribution in [0, 0.1) is 20.8 Å². The first-order valence-corrected chi connectivity index (χ1v) is 6.87. The predicted molar refractivity (Wildman–Crippen MR) is 82.6 cm³/mol. The number of nitrogens with two attached hydrogens (primary N) is 1. The van der Waals surface area contributed by atoms with Gasteiger partial charge in [-0.2, -0.15) is 0 Å². The zero-order valence-corrected chi connectivity index (χ0v) is 12.8. The van der Waals surface area contributed by atoms with Crippen LogP contribution < -0.4 is 5.73 Å². The third kappa shape index (κ3) is 2.71. The minimum atomic E-state index is -0.000208. The smallest absolute Gasteiger partial charge is 0.194 e. The number of anilines is 1. The van der Waals surface area contributed by atoms with Gasteiger partial charge in [-0.3, -0.25) is 4.79 Å². The summed E-state index contributed by atoms with van der Waals surface area (Å²) in [6.45, 7) is 6.02. The SMILES string of the molecule is Cc1cc(C)c(C(=O)c2cc(N)ccc2Br)cc1C. The second-order valence-electron chi connectivity index (χ2n) is 4.82. The van der Waals surface area contributed by atoms with E-state index in [1.54, 1.807) is 18.2 Å². The van der Waals surface area contributed by atoms with Crippen LogP contribution in [-0.2, 0) is 0 Å². The molecule has 0 spiro atoms. The number of ketones is 1. The molecule has 0 aliphatic rings. The zero-order valence-electron chi connectivity index (χ0n) is 11.3. The number of nitrogen functional groups attached to an aromatic ring is 1. The van der Waals surface area contributed by atoms with Crippen molar-refractivity contribution in [3.63, 3.8) is 0 Å². The monoisotopic (exact) mass is 317 g/mol. The molecular formula is C16H16BrNO. The summed E-state index contributed by atoms with van der Waals surface area (Å²) < 4.78 is 0.768. The van der Waals surface area contributed by atoms with E-state index in [9.17, 15) is 4.79 Å². The Morgan fingerprint density at radius 2 is 1.58 bits per heavy atom. The summed E-state index contributed by atoms with van der Waals surface area (Å²) in [5, 5.41) is 0. The number of carbonyl (C=O) groups is 1. The topological polar surface area (TPSA) is 43.1 Å². The Kier molecular flexibility index (Phi) is 3.76. The van der Waals surface area contributed by atoms with Crippen LogP contribution in [0.25, 0.3) is 0 Å². The first kappa shape index (κ1) is 13.8. The first-order valence-electron chi connectivity index (χ1n) is 6.07. The second kappa shape index (κ2) is 5.17. The molecule has 2 aromatic rings. The van der Waals surface area contributed by atoms with Gasteiger partial charge in [0.15, 0.2) is 5.78 Å². The van der Waals surface area contributed by atoms with E-state index >= 15 is 0 Å². The Morgan fingerprint density at radius 3 is 2.26 bits per heavy atom. The molecule has 0 aliphatic carbocycles. The van der Waals surface area contributed by atoms with Crippen molar-refractivity contribution >= 4 is 27.4 Å². The summed E-state index contributed by atoms with van der Waals surface area (Å²) in [6.07, 6.45) is 0. The van der Waals surface area contributed by atoms with Gasteiger partial charge in [-0.05, 0) is 61.7 Å². The molecule has 2 nitrogen and oxygen atoms in total. The van der Waals surface area contributed by atoms with Crippen LogP contribution in [0.15, 0.2) is 34.8 Å². The normalized spacial score (nSPS) is 10.5. The molecule has 0 bridgehead atoms. The fraction of sp³-hybridized carbons (Fsp3) is 0.188. The fourth-order valence-corrected chi connectivity index (χ4v) is 2.49. The van der Waals surface area contributed by atoms with Crippen molar-refractivity contribution < 1.29 is 4.79 Å². The highest BCUT2D eigenvalue weighted by atomic mass is 79.9. The van der Waals surface area contributed by atoms with Crippen molar-refractivity contribution in [2.75, 3.05) is 5.73 Å². The highest BCUT2D eigenvalue weighted by molar-refractivity contribution is 9.10. The van der Waals surface area contributed by atoms with Crippen molar-refractivity contribution in [1.82, 2.24) is 0 Å². The van der Waals surface area contributed by atoms with Crippen molar-refractivity contribution in [3.8, 4) is 0 Å². The first-order chi connectivity index (χ1) is 8.90. The number of carbonyl (C=O) groups excluding carboxylic acids is 1. The summed E-state index contributed by atoms with van der Waals surface area (Å²) in [7, 11) is 0. The summed E-state index contributed by atoms with van der Waals surface area (Å²) in [6, 6.07) is 9.28. The second-order valence-corrected chi connectivity index (χ2v) is 5.67. The van der Waals surface area contributed by atoms with Gasteiger partial charge in [-0.15, -0.1) is 0 Å². The van der Waals surface area contributed by atoms with Gasteiger partial charge in [-0.25, -0.2) is 0 Å². The highest BCUT2D eigenvalue weighted by Crippen LogP contribution is 2.25. The van der Waals surface area contributed by atoms with E-state index in [4.69, 9.17) is 5.73 Å². The largest absolute Gasteiger partial charge is 0.399 e. The molecule has 2 rings (SSSR count). The molecule has 2 aromatic carbocycles. The lowest BCUT2D eigenvalue weighted by Crippen LogP contribution is -2.06. The third-order valence-corrected chi connectivity index (χ3v) is 4.01. The Labute approximate surface area is 121 Å². The molecule has 0 saturated heterocycles. The molecule has 0 aromatic heterocycles. The molecule has 2 N–H and O–H groups in total. The number of hydrogen-bond donors (Lipinski definition) is 1. The van der Waals surface area contributed by atoms with Crippen molar-refractivity contribution in [3.05, 3.63) is 62.6 Å². The maximum atomic E-state index is 12.6. The molecule has 0 radical (unpaired) electrons. The van der Waals surface area contributed by atoms with Gasteiger partial charge in [0.05, 0.1) is 0 Å². The summed E-state index contributed by atoms with van der Waals surface area (Å²) in [5.41, 5.74) is 11.0. The van der Waals surface area contributed by atoms with E-state index in [1.165, 1.54) is 5.56 Å². The van der Waals surface area contributed by atoms with Crippen molar-refractivity contribution in [2.24, 2.45) is 0 Å². The number of benzene rings is 2. The van der Waals surface area contributed by atoms with Crippen LogP contribution in [0.4, 0.5) is 5.69 Å². The van der Waals surface area contributed by atoms with Crippen LogP contribution in [-0.4, -0.2) is 5.78 Å². The lowest BCUT2D eigenvalue weighted by molar-refractivity contribution is 0.103. The van der Waals surface area contributed by atoms with E-state index < -0.39 is 0 Å². The highest BCUT2D eigenvalue weighted by Gasteiger charge is 2.16. The molecular weight excluding hydrogens is 302 g/mol. The molecule has 0 heterocycles. The molecule has 0 unspecified atom stereocenters. The molecule has 0 fully saturated rings. The van der Waals surface area contributed by atoms with Crippen molar-refractivity contribution in [1.29, 1.82) is 0 Å². The van der Waals surface area contributed by atoms with Gasteiger partial charge in [0.1, 0.15) is 0 Å². The Bertz CT molecular complexity index is 662. The summed E-state index contributed by atoms with van der Waals surface area (Å²) in [5.74, 6) is -0.000208. The van der Waals surface area contributed by atoms with E-state index in [0.29, 0.717) is 11.3 Å². The van der Waals surface area contributed by atoms with Crippen LogP contribution in [0.3, 0.4) is 0 Å². The minimum absolute atomic E-state index is 0.000208. The van der Waals surface area contributed by atoms with Gasteiger partial charge in [0.2, 0.25) is 0 Å². The van der Waals surface area contributed by atoms with Gasteiger partial charge >= 0.3 is 0 Å². The number of halogens is 1. The average molecular weight is 318 g/mol. The third-order valence-electron chi connectivity index (χ3n) is 3.32.